The molecular formula is C28H44F2O. The molecule has 1 nitrogen and oxygen atoms in total. The van der Waals surface area contributed by atoms with Crippen molar-refractivity contribution in [2.45, 2.75) is 116 Å². The smallest absolute Gasteiger partial charge is 0.190 e. The number of benzene rings is 1. The van der Waals surface area contributed by atoms with E-state index in [9.17, 15) is 8.78 Å². The van der Waals surface area contributed by atoms with Crippen LogP contribution in [0.1, 0.15) is 122 Å². The van der Waals surface area contributed by atoms with Crippen molar-refractivity contribution >= 4 is 0 Å². The van der Waals surface area contributed by atoms with Crippen LogP contribution in [0.4, 0.5) is 8.78 Å². The first kappa shape index (κ1) is 24.5. The Kier molecular flexibility index (Phi) is 10.1. The molecule has 0 unspecified atom stereocenters. The molecule has 176 valence electrons. The molecule has 31 heavy (non-hydrogen) atoms. The third-order valence-corrected chi connectivity index (χ3v) is 8.01. The molecule has 0 saturated heterocycles. The zero-order chi connectivity index (χ0) is 22.1. The third-order valence-electron chi connectivity index (χ3n) is 8.01. The summed E-state index contributed by atoms with van der Waals surface area (Å²) in [6, 6.07) is 3.08. The quantitative estimate of drug-likeness (QED) is 0.315. The molecule has 0 aliphatic heterocycles. The monoisotopic (exact) mass is 434 g/mol. The lowest BCUT2D eigenvalue weighted by Crippen LogP contribution is -2.25. The topological polar surface area (TPSA) is 9.23 Å². The Morgan fingerprint density at radius 3 is 1.90 bits per heavy atom. The van der Waals surface area contributed by atoms with Crippen molar-refractivity contribution in [2.24, 2.45) is 17.8 Å². The summed E-state index contributed by atoms with van der Waals surface area (Å²) in [4.78, 5) is 0. The second kappa shape index (κ2) is 12.8. The third kappa shape index (κ3) is 7.19. The molecule has 0 spiro atoms. The fourth-order valence-corrected chi connectivity index (χ4v) is 6.11. The van der Waals surface area contributed by atoms with E-state index in [0.717, 1.165) is 55.4 Å². The van der Waals surface area contributed by atoms with Crippen molar-refractivity contribution in [1.29, 1.82) is 0 Å². The van der Waals surface area contributed by atoms with E-state index in [-0.39, 0.29) is 5.75 Å². The minimum atomic E-state index is -0.528. The van der Waals surface area contributed by atoms with Crippen LogP contribution in [0.2, 0.25) is 0 Å². The molecule has 1 aromatic carbocycles. The summed E-state index contributed by atoms with van der Waals surface area (Å²) < 4.78 is 34.7. The van der Waals surface area contributed by atoms with Gasteiger partial charge in [0.15, 0.2) is 17.4 Å². The van der Waals surface area contributed by atoms with E-state index >= 15 is 0 Å². The van der Waals surface area contributed by atoms with Crippen LogP contribution in [0.3, 0.4) is 0 Å². The van der Waals surface area contributed by atoms with Crippen LogP contribution in [-0.4, -0.2) is 6.61 Å². The first-order valence-corrected chi connectivity index (χ1v) is 13.2. The maximum atomic E-state index is 14.6. The zero-order valence-corrected chi connectivity index (χ0v) is 19.9. The Bertz CT molecular complexity index is 619. The number of hydrogen-bond donors (Lipinski definition) is 0. The van der Waals surface area contributed by atoms with Crippen LogP contribution in [0.15, 0.2) is 12.1 Å². The van der Waals surface area contributed by atoms with Crippen molar-refractivity contribution in [3.63, 3.8) is 0 Å². The molecule has 0 atom stereocenters. The Labute approximate surface area is 189 Å². The molecule has 1 aromatic rings. The maximum absolute atomic E-state index is 14.6. The summed E-state index contributed by atoms with van der Waals surface area (Å²) in [7, 11) is 0. The second-order valence-corrected chi connectivity index (χ2v) is 10.3. The van der Waals surface area contributed by atoms with E-state index in [1.807, 2.05) is 0 Å². The highest BCUT2D eigenvalue weighted by Gasteiger charge is 2.31. The Morgan fingerprint density at radius 2 is 1.32 bits per heavy atom. The van der Waals surface area contributed by atoms with Gasteiger partial charge in [-0.3, -0.25) is 0 Å². The first-order valence-electron chi connectivity index (χ1n) is 13.2. The molecule has 3 heteroatoms. The van der Waals surface area contributed by atoms with Crippen LogP contribution < -0.4 is 4.74 Å². The Hall–Kier alpha value is -1.12. The number of unbranched alkanes of at least 4 members (excludes halogenated alkanes) is 4. The van der Waals surface area contributed by atoms with Crippen molar-refractivity contribution in [3.8, 4) is 5.75 Å². The van der Waals surface area contributed by atoms with Crippen LogP contribution in [0, 0.1) is 29.4 Å². The largest absolute Gasteiger partial charge is 0.488 e. The number of rotatable bonds is 11. The predicted octanol–water partition coefficient (Wildman–Crippen LogP) is 9.19. The van der Waals surface area contributed by atoms with Gasteiger partial charge >= 0.3 is 0 Å². The van der Waals surface area contributed by atoms with Crippen molar-refractivity contribution in [1.82, 2.24) is 0 Å². The summed E-state index contributed by atoms with van der Waals surface area (Å²) in [6.45, 7) is 4.86. The van der Waals surface area contributed by atoms with Gasteiger partial charge in [-0.15, -0.1) is 0 Å². The maximum Gasteiger partial charge on any atom is 0.190 e. The van der Waals surface area contributed by atoms with E-state index < -0.39 is 11.6 Å². The number of halogens is 2. The molecule has 0 N–H and O–H groups in total. The van der Waals surface area contributed by atoms with Gasteiger partial charge in [-0.1, -0.05) is 65.2 Å². The van der Waals surface area contributed by atoms with E-state index in [4.69, 9.17) is 4.74 Å². The molecular weight excluding hydrogens is 390 g/mol. The highest BCUT2D eigenvalue weighted by molar-refractivity contribution is 5.33. The lowest BCUT2D eigenvalue weighted by molar-refractivity contribution is 0.156. The van der Waals surface area contributed by atoms with Gasteiger partial charge in [0, 0.05) is 0 Å². The minimum Gasteiger partial charge on any atom is -0.488 e. The fourth-order valence-electron chi connectivity index (χ4n) is 6.11. The SMILES string of the molecule is CCCCCCCOc1c(F)cc(C2CCC(C3CCC(CCC)CC3)CC2)cc1F. The summed E-state index contributed by atoms with van der Waals surface area (Å²) in [5.41, 5.74) is 0.829. The van der Waals surface area contributed by atoms with Gasteiger partial charge in [0.2, 0.25) is 0 Å². The lowest BCUT2D eigenvalue weighted by Gasteiger charge is -2.38. The number of hydrogen-bond acceptors (Lipinski definition) is 1. The summed E-state index contributed by atoms with van der Waals surface area (Å²) in [5, 5.41) is 0. The Balaban J connectivity index is 1.46. The Morgan fingerprint density at radius 1 is 0.742 bits per heavy atom. The summed E-state index contributed by atoms with van der Waals surface area (Å²) in [5.74, 6) is 1.72. The molecule has 2 fully saturated rings. The van der Waals surface area contributed by atoms with Gasteiger partial charge in [0.25, 0.3) is 0 Å². The van der Waals surface area contributed by atoms with Gasteiger partial charge in [0.1, 0.15) is 0 Å². The predicted molar refractivity (Wildman–Crippen MR) is 126 cm³/mol. The molecule has 0 amide bonds. The van der Waals surface area contributed by atoms with Crippen molar-refractivity contribution in [3.05, 3.63) is 29.3 Å². The van der Waals surface area contributed by atoms with E-state index in [1.54, 1.807) is 0 Å². The standard InChI is InChI=1S/C28H44F2O/c1-3-5-6-7-8-18-31-28-26(29)19-25(20-27(28)30)24-16-14-23(15-17-24)22-12-10-21(9-4-2)11-13-22/h19-24H,3-18H2,1-2H3. The molecule has 0 bridgehead atoms. The van der Waals surface area contributed by atoms with Gasteiger partial charge in [-0.05, 0) is 86.3 Å². The van der Waals surface area contributed by atoms with Gasteiger partial charge in [-0.2, -0.15) is 0 Å². The second-order valence-electron chi connectivity index (χ2n) is 10.3. The van der Waals surface area contributed by atoms with Crippen molar-refractivity contribution in [2.75, 3.05) is 6.61 Å². The van der Waals surface area contributed by atoms with Gasteiger partial charge in [0.05, 0.1) is 6.61 Å². The fraction of sp³-hybridized carbons (Fsp3) is 0.786. The van der Waals surface area contributed by atoms with Crippen LogP contribution in [0.25, 0.3) is 0 Å². The lowest BCUT2D eigenvalue weighted by atomic mass is 9.68. The van der Waals surface area contributed by atoms with Crippen LogP contribution in [0.5, 0.6) is 5.75 Å². The molecule has 2 saturated carbocycles. The van der Waals surface area contributed by atoms with Gasteiger partial charge < -0.3 is 4.74 Å². The van der Waals surface area contributed by atoms with Crippen molar-refractivity contribution < 1.29 is 13.5 Å². The highest BCUT2D eigenvalue weighted by atomic mass is 19.1. The minimum absolute atomic E-state index is 0.184. The molecule has 2 aliphatic carbocycles. The molecule has 2 aliphatic rings. The number of ether oxygens (including phenoxy) is 1. The van der Waals surface area contributed by atoms with Gasteiger partial charge in [-0.25, -0.2) is 8.78 Å². The van der Waals surface area contributed by atoms with E-state index in [1.165, 1.54) is 76.3 Å². The van der Waals surface area contributed by atoms with Crippen LogP contribution >= 0.6 is 0 Å². The summed E-state index contributed by atoms with van der Waals surface area (Å²) >= 11 is 0. The highest BCUT2D eigenvalue weighted by Crippen LogP contribution is 2.45. The van der Waals surface area contributed by atoms with Crippen LogP contribution in [-0.2, 0) is 0 Å². The van der Waals surface area contributed by atoms with E-state index in [2.05, 4.69) is 13.8 Å². The molecule has 0 heterocycles. The molecule has 0 aromatic heterocycles. The van der Waals surface area contributed by atoms with E-state index in [0.29, 0.717) is 12.5 Å². The first-order chi connectivity index (χ1) is 15.1. The zero-order valence-electron chi connectivity index (χ0n) is 19.9. The molecule has 3 rings (SSSR count). The summed E-state index contributed by atoms with van der Waals surface area (Å²) in [6.07, 6.45) is 18.4. The average molecular weight is 435 g/mol. The average Bonchev–Trinajstić information content (AvgIpc) is 2.78. The molecule has 0 radical (unpaired) electrons. The normalized spacial score (nSPS) is 26.7.